The molecule has 0 radical (unpaired) electrons. The van der Waals surface area contributed by atoms with Crippen LogP contribution in [0.4, 0.5) is 0 Å². The van der Waals surface area contributed by atoms with E-state index in [1.54, 1.807) is 36.7 Å². The highest BCUT2D eigenvalue weighted by Gasteiger charge is 2.10. The van der Waals surface area contributed by atoms with Gasteiger partial charge in [0.2, 0.25) is 11.6 Å². The van der Waals surface area contributed by atoms with E-state index in [2.05, 4.69) is 9.97 Å². The molecule has 17 heavy (non-hydrogen) atoms. The summed E-state index contributed by atoms with van der Waals surface area (Å²) in [5, 5.41) is 0. The quantitative estimate of drug-likeness (QED) is 0.740. The van der Waals surface area contributed by atoms with Crippen molar-refractivity contribution in [3.63, 3.8) is 0 Å². The minimum atomic E-state index is -0.172. The van der Waals surface area contributed by atoms with Gasteiger partial charge in [-0.3, -0.25) is 9.59 Å². The maximum absolute atomic E-state index is 11.5. The molecule has 0 aromatic carbocycles. The molecule has 0 fully saturated rings. The molecule has 0 aliphatic carbocycles. The van der Waals surface area contributed by atoms with Gasteiger partial charge >= 0.3 is 0 Å². The lowest BCUT2D eigenvalue weighted by Crippen LogP contribution is -2.15. The summed E-state index contributed by atoms with van der Waals surface area (Å²) in [4.78, 5) is 28.6. The zero-order valence-corrected chi connectivity index (χ0v) is 9.10. The molecule has 2 N–H and O–H groups in total. The van der Waals surface area contributed by atoms with Gasteiger partial charge in [-0.15, -0.1) is 0 Å². The Hall–Kier alpha value is -2.14. The number of carbonyl (C=O) groups excluding carboxylic acids is 2. The number of aromatic nitrogens is 2. The van der Waals surface area contributed by atoms with E-state index in [4.69, 9.17) is 4.74 Å². The van der Waals surface area contributed by atoms with Crippen molar-refractivity contribution < 1.29 is 14.3 Å². The van der Waals surface area contributed by atoms with Crippen LogP contribution in [0.5, 0.6) is 0 Å². The van der Waals surface area contributed by atoms with Gasteiger partial charge in [0.15, 0.2) is 0 Å². The van der Waals surface area contributed by atoms with Crippen LogP contribution in [0.25, 0.3) is 0 Å². The van der Waals surface area contributed by atoms with Gasteiger partial charge in [0, 0.05) is 12.4 Å². The summed E-state index contributed by atoms with van der Waals surface area (Å²) < 4.78 is 5.07. The molecule has 0 atom stereocenters. The monoisotopic (exact) mass is 232 g/mol. The number of hydrogen-bond acceptors (Lipinski definition) is 3. The lowest BCUT2D eigenvalue weighted by molar-refractivity contribution is 0.0667. The van der Waals surface area contributed by atoms with E-state index in [1.165, 1.54) is 0 Å². The molecule has 0 aliphatic rings. The van der Waals surface area contributed by atoms with Crippen LogP contribution in [-0.2, 0) is 4.74 Å². The number of nitrogens with one attached hydrogen (secondary N) is 2. The first-order valence-corrected chi connectivity index (χ1v) is 5.18. The van der Waals surface area contributed by atoms with Crippen LogP contribution in [0.1, 0.15) is 21.0 Å². The highest BCUT2D eigenvalue weighted by atomic mass is 16.5. The molecule has 0 aliphatic heterocycles. The first-order valence-electron chi connectivity index (χ1n) is 5.18. The third-order valence-electron chi connectivity index (χ3n) is 2.26. The SMILES string of the molecule is O=C(COCC(=O)c1ccc[nH]1)c1ccc[nH]1. The summed E-state index contributed by atoms with van der Waals surface area (Å²) in [6, 6.07) is 6.80. The fraction of sp³-hybridized carbons (Fsp3) is 0.167. The number of ketones is 2. The topological polar surface area (TPSA) is 75.0 Å². The van der Waals surface area contributed by atoms with Crippen LogP contribution in [0.15, 0.2) is 36.7 Å². The van der Waals surface area contributed by atoms with Crippen LogP contribution >= 0.6 is 0 Å². The Morgan fingerprint density at radius 3 is 1.76 bits per heavy atom. The Bertz CT molecular complexity index is 440. The number of ether oxygens (including phenoxy) is 1. The van der Waals surface area contributed by atoms with Crippen molar-refractivity contribution in [2.24, 2.45) is 0 Å². The van der Waals surface area contributed by atoms with Gasteiger partial charge < -0.3 is 14.7 Å². The van der Waals surface area contributed by atoms with Crippen molar-refractivity contribution in [3.8, 4) is 0 Å². The van der Waals surface area contributed by atoms with Gasteiger partial charge in [0.05, 0.1) is 11.4 Å². The number of rotatable bonds is 6. The third kappa shape index (κ3) is 2.92. The zero-order valence-electron chi connectivity index (χ0n) is 9.10. The van der Waals surface area contributed by atoms with Crippen molar-refractivity contribution in [2.75, 3.05) is 13.2 Å². The standard InChI is InChI=1S/C12H12N2O3/c15-11(9-3-1-5-13-9)7-17-8-12(16)10-4-2-6-14-10/h1-6,13-14H,7-8H2. The van der Waals surface area contributed by atoms with Gasteiger partial charge in [-0.2, -0.15) is 0 Å². The van der Waals surface area contributed by atoms with Crippen LogP contribution in [0.2, 0.25) is 0 Å². The summed E-state index contributed by atoms with van der Waals surface area (Å²) in [7, 11) is 0. The second kappa shape index (κ2) is 5.27. The number of hydrogen-bond donors (Lipinski definition) is 2. The number of Topliss-reactive ketones (excluding diaryl/α,β-unsaturated/α-hetero) is 2. The Kier molecular flexibility index (Phi) is 3.52. The Morgan fingerprint density at radius 2 is 1.41 bits per heavy atom. The van der Waals surface area contributed by atoms with Gasteiger partial charge in [-0.1, -0.05) is 0 Å². The van der Waals surface area contributed by atoms with Crippen molar-refractivity contribution in [3.05, 3.63) is 48.0 Å². The molecular weight excluding hydrogens is 220 g/mol. The highest BCUT2D eigenvalue weighted by Crippen LogP contribution is 1.99. The fourth-order valence-corrected chi connectivity index (χ4v) is 1.40. The lowest BCUT2D eigenvalue weighted by Gasteiger charge is -2.01. The summed E-state index contributed by atoms with van der Waals surface area (Å²) in [5.41, 5.74) is 0.967. The van der Waals surface area contributed by atoms with E-state index in [-0.39, 0.29) is 24.8 Å². The van der Waals surface area contributed by atoms with Gasteiger partial charge in [-0.25, -0.2) is 0 Å². The Labute approximate surface area is 97.8 Å². The first kappa shape index (κ1) is 11.3. The summed E-state index contributed by atoms with van der Waals surface area (Å²) in [5.74, 6) is -0.344. The minimum Gasteiger partial charge on any atom is -0.365 e. The maximum atomic E-state index is 11.5. The predicted octanol–water partition coefficient (Wildman–Crippen LogP) is 1.42. The minimum absolute atomic E-state index is 0.104. The van der Waals surface area contributed by atoms with Crippen molar-refractivity contribution >= 4 is 11.6 Å². The van der Waals surface area contributed by atoms with Crippen molar-refractivity contribution in [1.29, 1.82) is 0 Å². The fourth-order valence-electron chi connectivity index (χ4n) is 1.40. The molecule has 5 nitrogen and oxygen atoms in total. The Morgan fingerprint density at radius 1 is 0.941 bits per heavy atom. The average Bonchev–Trinajstić information content (AvgIpc) is 3.02. The molecule has 2 rings (SSSR count). The van der Waals surface area contributed by atoms with Gasteiger partial charge in [0.25, 0.3) is 0 Å². The molecule has 5 heteroatoms. The molecule has 0 saturated carbocycles. The molecule has 0 spiro atoms. The molecule has 0 saturated heterocycles. The van der Waals surface area contributed by atoms with Crippen molar-refractivity contribution in [2.45, 2.75) is 0 Å². The highest BCUT2D eigenvalue weighted by molar-refractivity contribution is 5.97. The second-order valence-electron chi connectivity index (χ2n) is 3.51. The predicted molar refractivity (Wildman–Crippen MR) is 61.1 cm³/mol. The molecule has 2 aromatic rings. The van der Waals surface area contributed by atoms with E-state index >= 15 is 0 Å². The van der Waals surface area contributed by atoms with E-state index in [1.807, 2.05) is 0 Å². The largest absolute Gasteiger partial charge is 0.365 e. The van der Waals surface area contributed by atoms with Crippen LogP contribution in [0.3, 0.4) is 0 Å². The molecule has 0 amide bonds. The first-order chi connectivity index (χ1) is 8.27. The van der Waals surface area contributed by atoms with Gasteiger partial charge in [-0.05, 0) is 24.3 Å². The zero-order chi connectivity index (χ0) is 12.1. The summed E-state index contributed by atoms with van der Waals surface area (Å²) in [6.07, 6.45) is 3.33. The number of H-pyrrole nitrogens is 2. The number of aromatic amines is 2. The third-order valence-corrected chi connectivity index (χ3v) is 2.26. The summed E-state index contributed by atoms with van der Waals surface area (Å²) in [6.45, 7) is -0.208. The molecule has 2 aromatic heterocycles. The molecule has 2 heterocycles. The molecular formula is C12H12N2O3. The van der Waals surface area contributed by atoms with Crippen molar-refractivity contribution in [1.82, 2.24) is 9.97 Å². The Balaban J connectivity index is 1.77. The number of carbonyl (C=O) groups is 2. The molecule has 0 unspecified atom stereocenters. The second-order valence-corrected chi connectivity index (χ2v) is 3.51. The molecule has 88 valence electrons. The van der Waals surface area contributed by atoms with E-state index in [9.17, 15) is 9.59 Å². The van der Waals surface area contributed by atoms with Crippen LogP contribution in [-0.4, -0.2) is 34.7 Å². The maximum Gasteiger partial charge on any atom is 0.204 e. The lowest BCUT2D eigenvalue weighted by atomic mass is 10.3. The van der Waals surface area contributed by atoms with E-state index < -0.39 is 0 Å². The van der Waals surface area contributed by atoms with Crippen LogP contribution < -0.4 is 0 Å². The van der Waals surface area contributed by atoms with Crippen LogP contribution in [0, 0.1) is 0 Å². The smallest absolute Gasteiger partial charge is 0.204 e. The normalized spacial score (nSPS) is 10.4. The molecule has 0 bridgehead atoms. The van der Waals surface area contributed by atoms with E-state index in [0.29, 0.717) is 11.4 Å². The average molecular weight is 232 g/mol. The van der Waals surface area contributed by atoms with E-state index in [0.717, 1.165) is 0 Å². The summed E-state index contributed by atoms with van der Waals surface area (Å²) >= 11 is 0. The van der Waals surface area contributed by atoms with Gasteiger partial charge in [0.1, 0.15) is 13.2 Å².